The Hall–Kier alpha value is -4.23. The van der Waals surface area contributed by atoms with Gasteiger partial charge >= 0.3 is 232 Å². The fraction of sp³-hybridized carbons (Fsp3) is 0.0400. The van der Waals surface area contributed by atoms with Crippen molar-refractivity contribution >= 4 is 83.3 Å². The Morgan fingerprint density at radius 3 is 2.51 bits per heavy atom. The third-order valence-electron chi connectivity index (χ3n) is 5.95. The molecule has 0 unspecified atom stereocenters. The molecule has 0 saturated carbocycles. The topological polar surface area (TPSA) is 140 Å². The number of fused-ring (bicyclic) bond motifs is 4. The zero-order valence-electron chi connectivity index (χ0n) is 20.1. The molecule has 0 aliphatic heterocycles. The second-order valence-electron chi connectivity index (χ2n) is 8.48. The van der Waals surface area contributed by atoms with Crippen molar-refractivity contribution in [1.82, 2.24) is 34.7 Å². The number of benzene rings is 2. The molecule has 0 aliphatic rings. The number of anilines is 3. The average Bonchev–Trinajstić information content (AvgIpc) is 3.66. The van der Waals surface area contributed by atoms with Crippen LogP contribution in [0.1, 0.15) is 5.69 Å². The van der Waals surface area contributed by atoms with Gasteiger partial charge in [0.1, 0.15) is 0 Å². The van der Waals surface area contributed by atoms with Crippen LogP contribution in [0.4, 0.5) is 16.6 Å². The van der Waals surface area contributed by atoms with Crippen LogP contribution in [0.3, 0.4) is 0 Å². The van der Waals surface area contributed by atoms with E-state index in [2.05, 4.69) is 30.1 Å². The number of thiazole rings is 1. The van der Waals surface area contributed by atoms with Crippen molar-refractivity contribution in [2.75, 3.05) is 10.0 Å². The molecule has 0 aliphatic carbocycles. The van der Waals surface area contributed by atoms with Gasteiger partial charge in [-0.25, -0.2) is 0 Å². The number of para-hydroxylation sites is 1. The van der Waals surface area contributed by atoms with Crippen LogP contribution in [0.25, 0.3) is 36.5 Å². The molecule has 0 bridgehead atoms. The summed E-state index contributed by atoms with van der Waals surface area (Å²) in [6, 6.07) is 16.3. The molecule has 0 atom stereocenters. The van der Waals surface area contributed by atoms with E-state index in [4.69, 9.17) is 9.97 Å². The summed E-state index contributed by atoms with van der Waals surface area (Å²) >= 11 is 1.02. The van der Waals surface area contributed by atoms with Crippen molar-refractivity contribution in [3.05, 3.63) is 78.2 Å². The molecule has 39 heavy (non-hydrogen) atoms. The SMILES string of the molecule is Cc1nn(-c2ccccc2)c2nc3[se]c4c(Nc5ccc(S(=O)(=O)Nc6nccs6)cc5)ncnc4c3nc12. The molecule has 11 nitrogen and oxygen atoms in total. The average molecular weight is 619 g/mol. The first-order chi connectivity index (χ1) is 19.0. The van der Waals surface area contributed by atoms with E-state index in [-0.39, 0.29) is 19.4 Å². The van der Waals surface area contributed by atoms with Gasteiger partial charge in [0.05, 0.1) is 0 Å². The van der Waals surface area contributed by atoms with Crippen molar-refractivity contribution < 1.29 is 8.42 Å². The van der Waals surface area contributed by atoms with Gasteiger partial charge in [-0.15, -0.1) is 0 Å². The summed E-state index contributed by atoms with van der Waals surface area (Å²) in [7, 11) is -3.74. The number of aryl methyl sites for hydroxylation is 1. The Kier molecular flexibility index (Phi) is 5.63. The van der Waals surface area contributed by atoms with E-state index in [1.165, 1.54) is 29.8 Å². The quantitative estimate of drug-likeness (QED) is 0.261. The first-order valence-corrected chi connectivity index (χ1v) is 15.7. The van der Waals surface area contributed by atoms with E-state index in [1.54, 1.807) is 23.7 Å². The molecule has 7 aromatic rings. The summed E-state index contributed by atoms with van der Waals surface area (Å²) < 4.78 is 31.4. The van der Waals surface area contributed by atoms with Crippen molar-refractivity contribution in [2.45, 2.75) is 11.8 Å². The Morgan fingerprint density at radius 1 is 0.923 bits per heavy atom. The first kappa shape index (κ1) is 23.9. The minimum atomic E-state index is -3.74. The van der Waals surface area contributed by atoms with Crippen LogP contribution in [0.5, 0.6) is 0 Å². The van der Waals surface area contributed by atoms with Gasteiger partial charge in [0.15, 0.2) is 0 Å². The fourth-order valence-corrected chi connectivity index (χ4v) is 8.06. The molecule has 14 heteroatoms. The molecule has 0 fully saturated rings. The zero-order chi connectivity index (χ0) is 26.6. The van der Waals surface area contributed by atoms with E-state index >= 15 is 0 Å². The van der Waals surface area contributed by atoms with Gasteiger partial charge in [0, 0.05) is 0 Å². The van der Waals surface area contributed by atoms with E-state index in [0.717, 1.165) is 36.6 Å². The molecule has 0 spiro atoms. The molecule has 0 radical (unpaired) electrons. The third-order valence-corrected chi connectivity index (χ3v) is 10.4. The van der Waals surface area contributed by atoms with E-state index < -0.39 is 10.0 Å². The van der Waals surface area contributed by atoms with Gasteiger partial charge in [-0.3, -0.25) is 0 Å². The summed E-state index contributed by atoms with van der Waals surface area (Å²) in [5.41, 5.74) is 5.33. The predicted molar refractivity (Wildman–Crippen MR) is 152 cm³/mol. The molecule has 2 N–H and O–H groups in total. The van der Waals surface area contributed by atoms with Gasteiger partial charge in [-0.05, 0) is 0 Å². The van der Waals surface area contributed by atoms with Crippen LogP contribution in [-0.4, -0.2) is 57.6 Å². The van der Waals surface area contributed by atoms with Gasteiger partial charge in [0.2, 0.25) is 0 Å². The number of aromatic nitrogens is 7. The molecule has 0 amide bonds. The first-order valence-electron chi connectivity index (χ1n) is 11.6. The number of hydrogen-bond acceptors (Lipinski definition) is 10. The van der Waals surface area contributed by atoms with E-state index in [1.807, 2.05) is 41.9 Å². The number of sulfonamides is 1. The summed E-state index contributed by atoms with van der Waals surface area (Å²) in [4.78, 5) is 23.0. The van der Waals surface area contributed by atoms with E-state index in [0.29, 0.717) is 22.3 Å². The van der Waals surface area contributed by atoms with Gasteiger partial charge < -0.3 is 0 Å². The molecule has 7 rings (SSSR count). The van der Waals surface area contributed by atoms with Crippen LogP contribution in [-0.2, 0) is 10.0 Å². The van der Waals surface area contributed by atoms with Gasteiger partial charge in [-0.2, -0.15) is 0 Å². The van der Waals surface area contributed by atoms with Crippen LogP contribution < -0.4 is 10.0 Å². The zero-order valence-corrected chi connectivity index (χ0v) is 23.4. The van der Waals surface area contributed by atoms with Gasteiger partial charge in [-0.1, -0.05) is 0 Å². The molecule has 5 aromatic heterocycles. The van der Waals surface area contributed by atoms with Crippen molar-refractivity contribution in [1.29, 1.82) is 0 Å². The Balaban J connectivity index is 1.25. The van der Waals surface area contributed by atoms with Crippen LogP contribution >= 0.6 is 11.3 Å². The maximum atomic E-state index is 12.7. The van der Waals surface area contributed by atoms with Gasteiger partial charge in [0.25, 0.3) is 0 Å². The third kappa shape index (κ3) is 4.23. The van der Waals surface area contributed by atoms with Crippen LogP contribution in [0, 0.1) is 6.92 Å². The molecule has 0 saturated heterocycles. The number of hydrogen-bond donors (Lipinski definition) is 2. The summed E-state index contributed by atoms with van der Waals surface area (Å²) in [6.45, 7) is 1.92. The van der Waals surface area contributed by atoms with E-state index in [9.17, 15) is 8.42 Å². The summed E-state index contributed by atoms with van der Waals surface area (Å²) in [6.07, 6.45) is 3.04. The Morgan fingerprint density at radius 2 is 1.74 bits per heavy atom. The normalized spacial score (nSPS) is 11.9. The Bertz CT molecular complexity index is 2090. The second kappa shape index (κ2) is 9.20. The minimum absolute atomic E-state index is 0.135. The molecular formula is C25H17N9O2S2Se. The van der Waals surface area contributed by atoms with Crippen molar-refractivity contribution in [3.8, 4) is 5.69 Å². The molecule has 5 heterocycles. The molecule has 2 aromatic carbocycles. The monoisotopic (exact) mass is 619 g/mol. The molecule has 192 valence electrons. The van der Waals surface area contributed by atoms with Crippen LogP contribution in [0.15, 0.2) is 77.4 Å². The number of rotatable bonds is 6. The number of nitrogens with zero attached hydrogens (tertiary/aromatic N) is 7. The summed E-state index contributed by atoms with van der Waals surface area (Å²) in [5.74, 6) is 0.641. The predicted octanol–water partition coefficient (Wildman–Crippen LogP) is 4.28. The van der Waals surface area contributed by atoms with Crippen molar-refractivity contribution in [2.24, 2.45) is 0 Å². The molecular weight excluding hydrogens is 601 g/mol. The second-order valence-corrected chi connectivity index (χ2v) is 13.1. The maximum absolute atomic E-state index is 12.7. The standard InChI is InChI=1S/C25H17N9O2S2Se/c1-14-18-23(34(32-14)16-5-3-2-4-6-16)31-24-20(30-18)19-21(39-24)22(28-13-27-19)29-15-7-9-17(10-8-15)38(35,36)33-25-26-11-12-37-25/h2-13H,1H3,(H,26,33)(H,27,28,29). The van der Waals surface area contributed by atoms with Crippen molar-refractivity contribution in [3.63, 3.8) is 0 Å². The summed E-state index contributed by atoms with van der Waals surface area (Å²) in [5, 5.41) is 10.0. The van der Waals surface area contributed by atoms with Crippen LogP contribution in [0.2, 0.25) is 0 Å². The fourth-order valence-electron chi connectivity index (χ4n) is 4.15. The number of nitrogens with one attached hydrogen (secondary N) is 2. The Labute approximate surface area is 231 Å².